The van der Waals surface area contributed by atoms with Crippen LogP contribution in [0.2, 0.25) is 0 Å². The maximum Gasteiger partial charge on any atom is 0.191 e. The molecule has 0 amide bonds. The largest absolute Gasteiger partial charge is 0.497 e. The van der Waals surface area contributed by atoms with Crippen LogP contribution in [-0.2, 0) is 6.54 Å². The van der Waals surface area contributed by atoms with Crippen molar-refractivity contribution in [3.8, 4) is 17.2 Å². The Morgan fingerprint density at radius 2 is 1.55 bits per heavy atom. The Morgan fingerprint density at radius 3 is 2.10 bits per heavy atom. The number of piperidine rings is 1. The predicted octanol–water partition coefficient (Wildman–Crippen LogP) is 3.44. The fraction of sp³-hybridized carbons (Fsp3) is 0.458. The summed E-state index contributed by atoms with van der Waals surface area (Å²) in [4.78, 5) is 7.14. The van der Waals surface area contributed by atoms with Crippen molar-refractivity contribution < 1.29 is 14.2 Å². The number of hydrogen-bond acceptors (Lipinski definition) is 5. The van der Waals surface area contributed by atoms with Gasteiger partial charge < -0.3 is 29.7 Å². The molecule has 2 N–H and O–H groups in total. The molecule has 0 radical (unpaired) electrons. The summed E-state index contributed by atoms with van der Waals surface area (Å²) >= 11 is 0. The van der Waals surface area contributed by atoms with Crippen molar-refractivity contribution in [2.75, 3.05) is 45.9 Å². The first-order valence-corrected chi connectivity index (χ1v) is 10.8. The van der Waals surface area contributed by atoms with Gasteiger partial charge in [0.15, 0.2) is 5.96 Å². The van der Waals surface area contributed by atoms with Gasteiger partial charge in [0.25, 0.3) is 0 Å². The van der Waals surface area contributed by atoms with Gasteiger partial charge in [0.1, 0.15) is 17.2 Å². The van der Waals surface area contributed by atoms with Crippen molar-refractivity contribution in [2.24, 2.45) is 4.99 Å². The highest BCUT2D eigenvalue weighted by atomic mass is 16.5. The first kappa shape index (κ1) is 22.6. The fourth-order valence-corrected chi connectivity index (χ4v) is 3.67. The predicted molar refractivity (Wildman–Crippen MR) is 126 cm³/mol. The van der Waals surface area contributed by atoms with E-state index in [9.17, 15) is 0 Å². The first-order chi connectivity index (χ1) is 15.1. The molecule has 0 aliphatic carbocycles. The number of ether oxygens (including phenoxy) is 3. The Bertz CT molecular complexity index is 824. The second-order valence-electron chi connectivity index (χ2n) is 7.52. The van der Waals surface area contributed by atoms with Gasteiger partial charge in [-0.2, -0.15) is 0 Å². The number of nitrogens with zero attached hydrogens (tertiary/aromatic N) is 2. The molecule has 1 heterocycles. The summed E-state index contributed by atoms with van der Waals surface area (Å²) in [5.74, 6) is 3.35. The maximum absolute atomic E-state index is 5.42. The van der Waals surface area contributed by atoms with E-state index in [0.29, 0.717) is 12.6 Å². The number of methoxy groups -OCH3 is 3. The normalized spacial score (nSPS) is 14.8. The van der Waals surface area contributed by atoms with Gasteiger partial charge in [-0.3, -0.25) is 0 Å². The number of benzene rings is 2. The van der Waals surface area contributed by atoms with Crippen LogP contribution in [0.5, 0.6) is 17.2 Å². The minimum absolute atomic E-state index is 0.387. The molecule has 0 saturated carbocycles. The molecule has 7 heteroatoms. The van der Waals surface area contributed by atoms with E-state index < -0.39 is 0 Å². The minimum Gasteiger partial charge on any atom is -0.497 e. The lowest BCUT2D eigenvalue weighted by Gasteiger charge is -2.34. The van der Waals surface area contributed by atoms with Gasteiger partial charge in [0, 0.05) is 49.6 Å². The molecule has 7 nitrogen and oxygen atoms in total. The third-order valence-electron chi connectivity index (χ3n) is 5.46. The van der Waals surface area contributed by atoms with Crippen molar-refractivity contribution in [3.05, 3.63) is 48.0 Å². The van der Waals surface area contributed by atoms with Gasteiger partial charge in [0.05, 0.1) is 27.9 Å². The Kier molecular flexibility index (Phi) is 8.27. The Labute approximate surface area is 185 Å². The van der Waals surface area contributed by atoms with E-state index in [4.69, 9.17) is 19.2 Å². The maximum atomic E-state index is 5.42. The van der Waals surface area contributed by atoms with Crippen molar-refractivity contribution in [1.82, 2.24) is 10.6 Å². The van der Waals surface area contributed by atoms with Crippen LogP contribution < -0.4 is 29.7 Å². The average molecular weight is 427 g/mol. The quantitative estimate of drug-likeness (QED) is 0.498. The van der Waals surface area contributed by atoms with E-state index >= 15 is 0 Å². The minimum atomic E-state index is 0.387. The molecule has 31 heavy (non-hydrogen) atoms. The van der Waals surface area contributed by atoms with E-state index in [1.165, 1.54) is 0 Å². The first-order valence-electron chi connectivity index (χ1n) is 10.8. The van der Waals surface area contributed by atoms with Crippen LogP contribution in [0.15, 0.2) is 47.5 Å². The Hall–Kier alpha value is -3.09. The van der Waals surface area contributed by atoms with E-state index in [1.54, 1.807) is 21.3 Å². The van der Waals surface area contributed by atoms with Crippen LogP contribution in [0.4, 0.5) is 5.69 Å². The number of guanidine groups is 1. The number of aliphatic imine (C=N–C) groups is 1. The fourth-order valence-electron chi connectivity index (χ4n) is 3.67. The van der Waals surface area contributed by atoms with Gasteiger partial charge in [-0.15, -0.1) is 0 Å². The van der Waals surface area contributed by atoms with Crippen LogP contribution in [-0.4, -0.2) is 53.0 Å². The molecule has 3 rings (SSSR count). The molecule has 1 aliphatic rings. The van der Waals surface area contributed by atoms with Crippen molar-refractivity contribution in [2.45, 2.75) is 32.4 Å². The van der Waals surface area contributed by atoms with Gasteiger partial charge in [-0.05, 0) is 37.5 Å². The monoisotopic (exact) mass is 426 g/mol. The van der Waals surface area contributed by atoms with Crippen molar-refractivity contribution in [1.29, 1.82) is 0 Å². The van der Waals surface area contributed by atoms with E-state index in [-0.39, 0.29) is 0 Å². The van der Waals surface area contributed by atoms with Crippen LogP contribution in [0.3, 0.4) is 0 Å². The lowest BCUT2D eigenvalue weighted by atomic mass is 10.0. The molecular formula is C24H34N4O3. The molecule has 0 aromatic heterocycles. The standard InChI is InChI=1S/C24H34N4O3/c1-5-25-24(26-17-18-6-8-21(29-2)9-7-18)27-19-10-12-28(13-11-19)20-14-22(30-3)16-23(15-20)31-4/h6-9,14-16,19H,5,10-13,17H2,1-4H3,(H2,25,26,27). The number of nitrogens with one attached hydrogen (secondary N) is 2. The zero-order chi connectivity index (χ0) is 22.1. The molecule has 168 valence electrons. The average Bonchev–Trinajstić information content (AvgIpc) is 2.83. The smallest absolute Gasteiger partial charge is 0.191 e. The Balaban J connectivity index is 1.57. The van der Waals surface area contributed by atoms with Crippen molar-refractivity contribution >= 4 is 11.6 Å². The molecule has 0 atom stereocenters. The van der Waals surface area contributed by atoms with Gasteiger partial charge >= 0.3 is 0 Å². The SMILES string of the molecule is CCNC(=NCc1ccc(OC)cc1)NC1CCN(c2cc(OC)cc(OC)c2)CC1. The summed E-state index contributed by atoms with van der Waals surface area (Å²) in [6.07, 6.45) is 2.07. The van der Waals surface area contributed by atoms with Crippen LogP contribution in [0.25, 0.3) is 0 Å². The van der Waals surface area contributed by atoms with Crippen molar-refractivity contribution in [3.63, 3.8) is 0 Å². The molecule has 0 bridgehead atoms. The van der Waals surface area contributed by atoms with E-state index in [1.807, 2.05) is 30.3 Å². The molecule has 2 aromatic rings. The zero-order valence-electron chi connectivity index (χ0n) is 19.0. The molecule has 0 spiro atoms. The molecule has 2 aromatic carbocycles. The lowest BCUT2D eigenvalue weighted by Crippen LogP contribution is -2.48. The highest BCUT2D eigenvalue weighted by Gasteiger charge is 2.21. The van der Waals surface area contributed by atoms with E-state index in [0.717, 1.165) is 66.9 Å². The van der Waals surface area contributed by atoms with E-state index in [2.05, 4.69) is 34.6 Å². The Morgan fingerprint density at radius 1 is 0.935 bits per heavy atom. The number of hydrogen-bond donors (Lipinski definition) is 2. The second-order valence-corrected chi connectivity index (χ2v) is 7.52. The number of rotatable bonds is 8. The van der Waals surface area contributed by atoms with Crippen LogP contribution >= 0.6 is 0 Å². The summed E-state index contributed by atoms with van der Waals surface area (Å²) in [6.45, 7) is 5.47. The third-order valence-corrected chi connectivity index (χ3v) is 5.46. The summed E-state index contributed by atoms with van der Waals surface area (Å²) in [7, 11) is 5.04. The van der Waals surface area contributed by atoms with Gasteiger partial charge in [-0.25, -0.2) is 4.99 Å². The van der Waals surface area contributed by atoms with Crippen LogP contribution in [0.1, 0.15) is 25.3 Å². The zero-order valence-corrected chi connectivity index (χ0v) is 19.0. The summed E-state index contributed by atoms with van der Waals surface area (Å²) in [5, 5.41) is 6.97. The third kappa shape index (κ3) is 6.44. The lowest BCUT2D eigenvalue weighted by molar-refractivity contribution is 0.393. The highest BCUT2D eigenvalue weighted by Crippen LogP contribution is 2.30. The summed E-state index contributed by atoms with van der Waals surface area (Å²) in [6, 6.07) is 14.5. The van der Waals surface area contributed by atoms with Gasteiger partial charge in [-0.1, -0.05) is 12.1 Å². The number of anilines is 1. The van der Waals surface area contributed by atoms with Gasteiger partial charge in [0.2, 0.25) is 0 Å². The van der Waals surface area contributed by atoms with Crippen LogP contribution in [0, 0.1) is 0 Å². The summed E-state index contributed by atoms with van der Waals surface area (Å²) in [5.41, 5.74) is 2.29. The molecule has 1 saturated heterocycles. The summed E-state index contributed by atoms with van der Waals surface area (Å²) < 4.78 is 16.1. The topological polar surface area (TPSA) is 67.4 Å². The molecular weight excluding hydrogens is 392 g/mol. The second kappa shape index (κ2) is 11.3. The molecule has 0 unspecified atom stereocenters. The highest BCUT2D eigenvalue weighted by molar-refractivity contribution is 5.80. The molecule has 1 fully saturated rings. The molecule has 1 aliphatic heterocycles.